The second-order valence-corrected chi connectivity index (χ2v) is 7.62. The number of carbonyl (C=O) groups is 1. The first-order valence-electron chi connectivity index (χ1n) is 8.51. The van der Waals surface area contributed by atoms with Crippen molar-refractivity contribution in [3.63, 3.8) is 0 Å². The lowest BCUT2D eigenvalue weighted by molar-refractivity contribution is -0.138. The van der Waals surface area contributed by atoms with E-state index in [4.69, 9.17) is 27.9 Å². The Morgan fingerprint density at radius 3 is 2.35 bits per heavy atom. The molecule has 1 fully saturated rings. The van der Waals surface area contributed by atoms with E-state index in [2.05, 4.69) is 17.0 Å². The predicted octanol–water partition coefficient (Wildman–Crippen LogP) is 4.09. The van der Waals surface area contributed by atoms with Crippen molar-refractivity contribution in [1.29, 1.82) is 0 Å². The minimum atomic E-state index is 0.138. The minimum Gasteiger partial charge on any atom is -0.489 e. The van der Waals surface area contributed by atoms with Gasteiger partial charge in [0, 0.05) is 33.7 Å². The van der Waals surface area contributed by atoms with Crippen LogP contribution < -0.4 is 4.74 Å². The van der Waals surface area contributed by atoms with E-state index >= 15 is 0 Å². The molecule has 2 aromatic rings. The molecule has 4 nitrogen and oxygen atoms in total. The zero-order chi connectivity index (χ0) is 18.7. The number of ether oxygens (including phenoxy) is 1. The summed E-state index contributed by atoms with van der Waals surface area (Å²) >= 11 is 11.9. The summed E-state index contributed by atoms with van der Waals surface area (Å²) in [6, 6.07) is 13.5. The number of hydrogen-bond donors (Lipinski definition) is 0. The molecular weight excluding hydrogens is 371 g/mol. The molecule has 1 saturated heterocycles. The largest absolute Gasteiger partial charge is 0.489 e. The molecule has 1 amide bonds. The first kappa shape index (κ1) is 19.0. The first-order chi connectivity index (χ1) is 12.4. The maximum atomic E-state index is 11.9. The van der Waals surface area contributed by atoms with Crippen molar-refractivity contribution in [2.24, 2.45) is 5.92 Å². The van der Waals surface area contributed by atoms with Gasteiger partial charge in [0.1, 0.15) is 12.4 Å². The monoisotopic (exact) mass is 392 g/mol. The van der Waals surface area contributed by atoms with Crippen molar-refractivity contribution in [3.05, 3.63) is 63.6 Å². The summed E-state index contributed by atoms with van der Waals surface area (Å²) in [6.45, 7) is 2.94. The van der Waals surface area contributed by atoms with Crippen molar-refractivity contribution in [2.75, 3.05) is 27.2 Å². The van der Waals surface area contributed by atoms with Gasteiger partial charge in [0.2, 0.25) is 5.91 Å². The summed E-state index contributed by atoms with van der Waals surface area (Å²) < 4.78 is 5.80. The van der Waals surface area contributed by atoms with Crippen molar-refractivity contribution in [2.45, 2.75) is 13.2 Å². The van der Waals surface area contributed by atoms with Gasteiger partial charge in [-0.3, -0.25) is 9.69 Å². The van der Waals surface area contributed by atoms with Crippen LogP contribution in [-0.4, -0.2) is 42.9 Å². The van der Waals surface area contributed by atoms with Crippen LogP contribution in [0.5, 0.6) is 5.75 Å². The average Bonchev–Trinajstić information content (AvgIpc) is 2.59. The number of halogens is 2. The number of benzene rings is 2. The van der Waals surface area contributed by atoms with E-state index in [1.165, 1.54) is 5.56 Å². The predicted molar refractivity (Wildman–Crippen MR) is 105 cm³/mol. The highest BCUT2D eigenvalue weighted by atomic mass is 35.5. The lowest BCUT2D eigenvalue weighted by Crippen LogP contribution is -2.52. The van der Waals surface area contributed by atoms with Crippen LogP contribution in [0.3, 0.4) is 0 Å². The molecule has 2 aromatic carbocycles. The maximum Gasteiger partial charge on any atom is 0.227 e. The van der Waals surface area contributed by atoms with Gasteiger partial charge in [-0.25, -0.2) is 0 Å². The molecule has 6 heteroatoms. The molecule has 0 bridgehead atoms. The van der Waals surface area contributed by atoms with Crippen LogP contribution >= 0.6 is 23.2 Å². The number of rotatable bonds is 6. The molecule has 0 unspecified atom stereocenters. The molecular formula is C20H22Cl2N2O2. The van der Waals surface area contributed by atoms with E-state index in [-0.39, 0.29) is 11.8 Å². The van der Waals surface area contributed by atoms with E-state index in [1.54, 1.807) is 11.0 Å². The van der Waals surface area contributed by atoms with E-state index < -0.39 is 0 Å². The average molecular weight is 393 g/mol. The molecule has 0 spiro atoms. The number of hydrogen-bond acceptors (Lipinski definition) is 3. The fraction of sp³-hybridized carbons (Fsp3) is 0.350. The van der Waals surface area contributed by atoms with Gasteiger partial charge >= 0.3 is 0 Å². The lowest BCUT2D eigenvalue weighted by atomic mass is 9.98. The van der Waals surface area contributed by atoms with Gasteiger partial charge in [0.15, 0.2) is 0 Å². The molecule has 0 saturated carbocycles. The second kappa shape index (κ2) is 8.30. The summed E-state index contributed by atoms with van der Waals surface area (Å²) in [5.74, 6) is 1.16. The molecule has 0 aromatic heterocycles. The molecule has 3 rings (SSSR count). The van der Waals surface area contributed by atoms with Crippen molar-refractivity contribution in [3.8, 4) is 5.75 Å². The lowest BCUT2D eigenvalue weighted by Gasteiger charge is -2.39. The maximum absolute atomic E-state index is 11.9. The number of carbonyl (C=O) groups excluding carboxylic acids is 1. The zero-order valence-electron chi connectivity index (χ0n) is 14.9. The molecule has 138 valence electrons. The Balaban J connectivity index is 1.47. The second-order valence-electron chi connectivity index (χ2n) is 6.80. The quantitative estimate of drug-likeness (QED) is 0.741. The number of nitrogens with zero attached hydrogens (tertiary/aromatic N) is 2. The molecule has 1 aliphatic rings. The van der Waals surface area contributed by atoms with E-state index in [0.29, 0.717) is 16.7 Å². The molecule has 0 aliphatic carbocycles. The molecule has 1 aliphatic heterocycles. The van der Waals surface area contributed by atoms with Crippen molar-refractivity contribution >= 4 is 29.1 Å². The van der Waals surface area contributed by atoms with E-state index in [0.717, 1.165) is 30.9 Å². The van der Waals surface area contributed by atoms with Gasteiger partial charge in [-0.15, -0.1) is 0 Å². The van der Waals surface area contributed by atoms with Crippen LogP contribution in [0.25, 0.3) is 0 Å². The Bertz CT molecular complexity index is 772. The van der Waals surface area contributed by atoms with Crippen LogP contribution in [0.4, 0.5) is 0 Å². The third-order valence-electron chi connectivity index (χ3n) is 4.47. The minimum absolute atomic E-state index is 0.138. The standard InChI is InChI=1S/C20H22Cl2N2O2/c1-23(2)20(25)16-11-24(12-16)10-14-3-6-17(7-4-14)26-13-15-5-8-18(21)19(22)9-15/h3-9,16H,10-13H2,1-2H3. The van der Waals surface area contributed by atoms with Gasteiger partial charge in [-0.1, -0.05) is 41.4 Å². The highest BCUT2D eigenvalue weighted by Crippen LogP contribution is 2.24. The van der Waals surface area contributed by atoms with Gasteiger partial charge in [-0.2, -0.15) is 0 Å². The van der Waals surface area contributed by atoms with Crippen LogP contribution in [0.2, 0.25) is 10.0 Å². The highest BCUT2D eigenvalue weighted by molar-refractivity contribution is 6.42. The Morgan fingerprint density at radius 2 is 1.73 bits per heavy atom. The van der Waals surface area contributed by atoms with E-state index in [9.17, 15) is 4.79 Å². The normalized spacial score (nSPS) is 14.8. The Labute approximate surface area is 164 Å². The van der Waals surface area contributed by atoms with Crippen LogP contribution in [0, 0.1) is 5.92 Å². The molecule has 26 heavy (non-hydrogen) atoms. The summed E-state index contributed by atoms with van der Waals surface area (Å²) in [6.07, 6.45) is 0. The zero-order valence-corrected chi connectivity index (χ0v) is 16.4. The van der Waals surface area contributed by atoms with Crippen molar-refractivity contribution in [1.82, 2.24) is 9.80 Å². The number of amides is 1. The van der Waals surface area contributed by atoms with Crippen LogP contribution in [0.1, 0.15) is 11.1 Å². The fourth-order valence-electron chi connectivity index (χ4n) is 2.97. The summed E-state index contributed by atoms with van der Waals surface area (Å²) in [5.41, 5.74) is 2.18. The van der Waals surface area contributed by atoms with Gasteiger partial charge in [0.25, 0.3) is 0 Å². The highest BCUT2D eigenvalue weighted by Gasteiger charge is 2.33. The third-order valence-corrected chi connectivity index (χ3v) is 5.21. The third kappa shape index (κ3) is 4.70. The van der Waals surface area contributed by atoms with Crippen LogP contribution in [0.15, 0.2) is 42.5 Å². The molecule has 0 radical (unpaired) electrons. The topological polar surface area (TPSA) is 32.8 Å². The first-order valence-corrected chi connectivity index (χ1v) is 9.27. The Kier molecular flexibility index (Phi) is 6.07. The smallest absolute Gasteiger partial charge is 0.227 e. The fourth-order valence-corrected chi connectivity index (χ4v) is 3.29. The van der Waals surface area contributed by atoms with Crippen molar-refractivity contribution < 1.29 is 9.53 Å². The molecule has 1 heterocycles. The van der Waals surface area contributed by atoms with E-state index in [1.807, 2.05) is 38.4 Å². The Morgan fingerprint density at radius 1 is 1.08 bits per heavy atom. The summed E-state index contributed by atoms with van der Waals surface area (Å²) in [5, 5.41) is 1.07. The van der Waals surface area contributed by atoms with Gasteiger partial charge < -0.3 is 9.64 Å². The molecule has 0 N–H and O–H groups in total. The van der Waals surface area contributed by atoms with Crippen LogP contribution in [-0.2, 0) is 17.9 Å². The SMILES string of the molecule is CN(C)C(=O)C1CN(Cc2ccc(OCc3ccc(Cl)c(Cl)c3)cc2)C1. The summed E-state index contributed by atoms with van der Waals surface area (Å²) in [7, 11) is 3.61. The number of likely N-dealkylation sites (tertiary alicyclic amines) is 1. The summed E-state index contributed by atoms with van der Waals surface area (Å²) in [4.78, 5) is 15.8. The van der Waals surface area contributed by atoms with Gasteiger partial charge in [-0.05, 0) is 35.4 Å². The van der Waals surface area contributed by atoms with Gasteiger partial charge in [0.05, 0.1) is 16.0 Å². The molecule has 0 atom stereocenters. The Hall–Kier alpha value is -1.75.